The predicted molar refractivity (Wildman–Crippen MR) is 62.3 cm³/mol. The van der Waals surface area contributed by atoms with Crippen LogP contribution >= 0.6 is 11.8 Å². The first-order valence-corrected chi connectivity index (χ1v) is 6.98. The third kappa shape index (κ3) is 2.35. The number of carboxylic acid groups (broad SMARTS) is 1. The molecule has 2 atom stereocenters. The SMILES string of the molecule is O=C(O)CSc1nnnn1C1CCOC1C1CC1. The van der Waals surface area contributed by atoms with Crippen molar-refractivity contribution >= 4 is 17.7 Å². The number of aromatic nitrogens is 4. The van der Waals surface area contributed by atoms with Crippen LogP contribution in [0.1, 0.15) is 25.3 Å². The van der Waals surface area contributed by atoms with E-state index in [4.69, 9.17) is 9.84 Å². The first kappa shape index (κ1) is 11.9. The second-order valence-corrected chi connectivity index (χ2v) is 5.56. The minimum absolute atomic E-state index is 0.0257. The van der Waals surface area contributed by atoms with Gasteiger partial charge in [-0.05, 0) is 35.6 Å². The summed E-state index contributed by atoms with van der Waals surface area (Å²) in [5.74, 6) is -0.266. The van der Waals surface area contributed by atoms with Gasteiger partial charge >= 0.3 is 5.97 Å². The summed E-state index contributed by atoms with van der Waals surface area (Å²) in [4.78, 5) is 10.6. The number of aliphatic carboxylic acids is 1. The van der Waals surface area contributed by atoms with E-state index in [1.54, 1.807) is 4.68 Å². The summed E-state index contributed by atoms with van der Waals surface area (Å²) in [6, 6.07) is 0.156. The first-order valence-electron chi connectivity index (χ1n) is 6.00. The third-order valence-electron chi connectivity index (χ3n) is 3.29. The van der Waals surface area contributed by atoms with Gasteiger partial charge in [0, 0.05) is 6.61 Å². The van der Waals surface area contributed by atoms with E-state index in [1.807, 2.05) is 0 Å². The average molecular weight is 270 g/mol. The molecule has 2 heterocycles. The highest BCUT2D eigenvalue weighted by molar-refractivity contribution is 7.99. The maximum Gasteiger partial charge on any atom is 0.313 e. The molecule has 1 N–H and O–H groups in total. The Morgan fingerprint density at radius 3 is 3.06 bits per heavy atom. The highest BCUT2D eigenvalue weighted by Gasteiger charge is 2.42. The fourth-order valence-corrected chi connectivity index (χ4v) is 3.00. The van der Waals surface area contributed by atoms with Crippen LogP contribution in [0.3, 0.4) is 0 Å². The lowest BCUT2D eigenvalue weighted by atomic mass is 10.1. The zero-order valence-corrected chi connectivity index (χ0v) is 10.5. The second kappa shape index (κ2) is 4.85. The molecule has 2 aliphatic rings. The molecule has 1 saturated heterocycles. The van der Waals surface area contributed by atoms with Crippen molar-refractivity contribution in [2.45, 2.75) is 36.6 Å². The van der Waals surface area contributed by atoms with Gasteiger partial charge in [0.1, 0.15) is 0 Å². The number of tetrazole rings is 1. The zero-order valence-electron chi connectivity index (χ0n) is 9.73. The van der Waals surface area contributed by atoms with Gasteiger partial charge < -0.3 is 9.84 Å². The molecule has 1 aromatic rings. The van der Waals surface area contributed by atoms with Crippen LogP contribution in [0.25, 0.3) is 0 Å². The van der Waals surface area contributed by atoms with Gasteiger partial charge in [-0.3, -0.25) is 4.79 Å². The van der Waals surface area contributed by atoms with E-state index in [9.17, 15) is 4.79 Å². The number of carbonyl (C=O) groups is 1. The molecule has 2 unspecified atom stereocenters. The standard InChI is InChI=1S/C10H14N4O3S/c15-8(16)5-18-10-11-12-13-14(10)7-3-4-17-9(7)6-1-2-6/h6-7,9H,1-5H2,(H,15,16). The molecule has 98 valence electrons. The van der Waals surface area contributed by atoms with Crippen molar-refractivity contribution in [1.82, 2.24) is 20.2 Å². The Morgan fingerprint density at radius 1 is 1.50 bits per heavy atom. The van der Waals surface area contributed by atoms with Gasteiger partial charge in [-0.1, -0.05) is 11.8 Å². The normalized spacial score (nSPS) is 27.6. The highest BCUT2D eigenvalue weighted by atomic mass is 32.2. The van der Waals surface area contributed by atoms with E-state index in [1.165, 1.54) is 12.8 Å². The van der Waals surface area contributed by atoms with Crippen molar-refractivity contribution in [3.05, 3.63) is 0 Å². The highest BCUT2D eigenvalue weighted by Crippen LogP contribution is 2.43. The van der Waals surface area contributed by atoms with Crippen LogP contribution < -0.4 is 0 Å². The number of ether oxygens (including phenoxy) is 1. The molecule has 1 aliphatic carbocycles. The Hall–Kier alpha value is -1.15. The Kier molecular flexibility index (Phi) is 3.21. The molecule has 2 fully saturated rings. The fraction of sp³-hybridized carbons (Fsp3) is 0.800. The summed E-state index contributed by atoms with van der Waals surface area (Å²) < 4.78 is 7.49. The van der Waals surface area contributed by atoms with E-state index < -0.39 is 5.97 Å². The van der Waals surface area contributed by atoms with Crippen molar-refractivity contribution in [2.75, 3.05) is 12.4 Å². The molecule has 1 aromatic heterocycles. The Bertz CT molecular complexity index is 448. The van der Waals surface area contributed by atoms with Crippen LogP contribution in [0.15, 0.2) is 5.16 Å². The Morgan fingerprint density at radius 2 is 2.33 bits per heavy atom. The van der Waals surface area contributed by atoms with Crippen LogP contribution in [0.4, 0.5) is 0 Å². The van der Waals surface area contributed by atoms with Crippen molar-refractivity contribution in [1.29, 1.82) is 0 Å². The summed E-state index contributed by atoms with van der Waals surface area (Å²) in [5, 5.41) is 20.8. The van der Waals surface area contributed by atoms with Crippen LogP contribution in [-0.4, -0.2) is 49.7 Å². The minimum Gasteiger partial charge on any atom is -0.481 e. The van der Waals surface area contributed by atoms with Crippen molar-refractivity contribution in [3.8, 4) is 0 Å². The number of nitrogens with zero attached hydrogens (tertiary/aromatic N) is 4. The molecule has 0 bridgehead atoms. The first-order chi connectivity index (χ1) is 8.75. The summed E-state index contributed by atoms with van der Waals surface area (Å²) in [7, 11) is 0. The van der Waals surface area contributed by atoms with Gasteiger partial charge in [0.25, 0.3) is 0 Å². The Balaban J connectivity index is 1.74. The van der Waals surface area contributed by atoms with E-state index in [-0.39, 0.29) is 17.9 Å². The quantitative estimate of drug-likeness (QED) is 0.783. The summed E-state index contributed by atoms with van der Waals surface area (Å²) >= 11 is 1.15. The molecule has 0 spiro atoms. The molecule has 8 heteroatoms. The largest absolute Gasteiger partial charge is 0.481 e. The van der Waals surface area contributed by atoms with Gasteiger partial charge in [-0.15, -0.1) is 5.10 Å². The number of hydrogen-bond acceptors (Lipinski definition) is 6. The van der Waals surface area contributed by atoms with Gasteiger partial charge in [0.05, 0.1) is 17.9 Å². The summed E-state index contributed by atoms with van der Waals surface area (Å²) in [6.45, 7) is 0.731. The molecule has 0 radical (unpaired) electrons. The molecule has 0 aromatic carbocycles. The van der Waals surface area contributed by atoms with Gasteiger partial charge in [0.2, 0.25) is 5.16 Å². The smallest absolute Gasteiger partial charge is 0.313 e. The third-order valence-corrected chi connectivity index (χ3v) is 4.21. The van der Waals surface area contributed by atoms with Gasteiger partial charge in [0.15, 0.2) is 0 Å². The lowest BCUT2D eigenvalue weighted by Crippen LogP contribution is -2.24. The number of carboxylic acids is 1. The molecule has 18 heavy (non-hydrogen) atoms. The van der Waals surface area contributed by atoms with Gasteiger partial charge in [-0.25, -0.2) is 4.68 Å². The second-order valence-electron chi connectivity index (χ2n) is 4.62. The van der Waals surface area contributed by atoms with Crippen molar-refractivity contribution in [2.24, 2.45) is 5.92 Å². The predicted octanol–water partition coefficient (Wildman–Crippen LogP) is 0.590. The molecular formula is C10H14N4O3S. The van der Waals surface area contributed by atoms with Crippen molar-refractivity contribution in [3.63, 3.8) is 0 Å². The van der Waals surface area contributed by atoms with Crippen LogP contribution in [0.5, 0.6) is 0 Å². The zero-order chi connectivity index (χ0) is 12.5. The molecule has 1 saturated carbocycles. The van der Waals surface area contributed by atoms with E-state index >= 15 is 0 Å². The van der Waals surface area contributed by atoms with E-state index in [0.717, 1.165) is 24.8 Å². The number of hydrogen-bond donors (Lipinski definition) is 1. The monoisotopic (exact) mass is 270 g/mol. The van der Waals surface area contributed by atoms with Gasteiger partial charge in [-0.2, -0.15) is 0 Å². The topological polar surface area (TPSA) is 90.1 Å². The lowest BCUT2D eigenvalue weighted by molar-refractivity contribution is -0.133. The fourth-order valence-electron chi connectivity index (χ4n) is 2.35. The summed E-state index contributed by atoms with van der Waals surface area (Å²) in [6.07, 6.45) is 3.51. The molecule has 3 rings (SSSR count). The maximum absolute atomic E-state index is 10.6. The van der Waals surface area contributed by atoms with Crippen molar-refractivity contribution < 1.29 is 14.6 Å². The number of rotatable bonds is 5. The molecule has 0 amide bonds. The Labute approximate surface area is 108 Å². The maximum atomic E-state index is 10.6. The van der Waals surface area contributed by atoms with Crippen LogP contribution in [0.2, 0.25) is 0 Å². The van der Waals surface area contributed by atoms with E-state index in [0.29, 0.717) is 11.1 Å². The summed E-state index contributed by atoms with van der Waals surface area (Å²) in [5.41, 5.74) is 0. The van der Waals surface area contributed by atoms with Crippen LogP contribution in [-0.2, 0) is 9.53 Å². The minimum atomic E-state index is -0.865. The number of thioether (sulfide) groups is 1. The van der Waals surface area contributed by atoms with Crippen LogP contribution in [0, 0.1) is 5.92 Å². The molecular weight excluding hydrogens is 256 g/mol. The molecule has 1 aliphatic heterocycles. The lowest BCUT2D eigenvalue weighted by Gasteiger charge is -2.18. The van der Waals surface area contributed by atoms with E-state index in [2.05, 4.69) is 15.5 Å². The molecule has 7 nitrogen and oxygen atoms in total. The average Bonchev–Trinajstić information content (AvgIpc) is 2.91.